The van der Waals surface area contributed by atoms with Crippen LogP contribution in [-0.2, 0) is 11.8 Å². The Kier molecular flexibility index (Phi) is 3.90. The summed E-state index contributed by atoms with van der Waals surface area (Å²) < 4.78 is 9.72. The van der Waals surface area contributed by atoms with Crippen molar-refractivity contribution >= 4 is 22.7 Å². The van der Waals surface area contributed by atoms with Gasteiger partial charge in [-0.15, -0.1) is 0 Å². The predicted molar refractivity (Wildman–Crippen MR) is 85.2 cm³/mol. The van der Waals surface area contributed by atoms with Crippen molar-refractivity contribution in [1.29, 1.82) is 0 Å². The lowest BCUT2D eigenvalue weighted by molar-refractivity contribution is 0.246. The first-order chi connectivity index (χ1) is 10.4. The third-order valence-electron chi connectivity index (χ3n) is 3.67. The number of nitrogens with zero attached hydrogens (tertiary/aromatic N) is 2. The molecule has 6 nitrogen and oxygen atoms in total. The average molecular weight is 320 g/mol. The molecule has 2 amide bonds. The lowest BCUT2D eigenvalue weighted by Crippen LogP contribution is -2.34. The Balaban J connectivity index is 1.63. The van der Waals surface area contributed by atoms with Crippen molar-refractivity contribution in [2.75, 3.05) is 5.32 Å². The van der Waals surface area contributed by atoms with Crippen molar-refractivity contribution in [3.63, 3.8) is 0 Å². The zero-order chi connectivity index (χ0) is 15.7. The summed E-state index contributed by atoms with van der Waals surface area (Å²) >= 11 is 1.20. The van der Waals surface area contributed by atoms with E-state index in [4.69, 9.17) is 4.42 Å². The Morgan fingerprint density at radius 1 is 1.45 bits per heavy atom. The van der Waals surface area contributed by atoms with E-state index >= 15 is 0 Å². The number of nitrogens with one attached hydrogen (secondary N) is 2. The summed E-state index contributed by atoms with van der Waals surface area (Å²) in [5, 5.41) is 6.27. The molecule has 0 aliphatic heterocycles. The first-order valence-corrected chi connectivity index (χ1v) is 8.19. The van der Waals surface area contributed by atoms with E-state index < -0.39 is 0 Å². The Morgan fingerprint density at radius 2 is 2.27 bits per heavy atom. The topological polar surface area (TPSA) is 80.0 Å². The standard InChI is InChI=1S/C15H20N4O2S/c1-15(2,3)12-17-14(22-19-12)18-13(20)16-10-5-4-6-11-9(10)7-8-21-11/h7-8,10H,4-6H2,1-3H3,(H2,16,17,18,19,20). The van der Waals surface area contributed by atoms with Crippen LogP contribution in [0.4, 0.5) is 9.93 Å². The van der Waals surface area contributed by atoms with Gasteiger partial charge in [0, 0.05) is 28.9 Å². The number of furan rings is 1. The van der Waals surface area contributed by atoms with Gasteiger partial charge < -0.3 is 9.73 Å². The number of anilines is 1. The Hall–Kier alpha value is -1.89. The number of fused-ring (bicyclic) bond motifs is 1. The van der Waals surface area contributed by atoms with Gasteiger partial charge in [-0.25, -0.2) is 9.78 Å². The lowest BCUT2D eigenvalue weighted by Gasteiger charge is -2.22. The number of urea groups is 1. The van der Waals surface area contributed by atoms with Crippen LogP contribution in [0.3, 0.4) is 0 Å². The molecule has 0 bridgehead atoms. The van der Waals surface area contributed by atoms with Crippen molar-refractivity contribution in [2.45, 2.75) is 51.5 Å². The maximum Gasteiger partial charge on any atom is 0.321 e. The third kappa shape index (κ3) is 3.14. The summed E-state index contributed by atoms with van der Waals surface area (Å²) in [6, 6.07) is 1.68. The van der Waals surface area contributed by atoms with Gasteiger partial charge in [0.1, 0.15) is 11.6 Å². The number of hydrogen-bond acceptors (Lipinski definition) is 5. The quantitative estimate of drug-likeness (QED) is 0.885. The third-order valence-corrected chi connectivity index (χ3v) is 4.31. The molecule has 0 spiro atoms. The molecule has 2 heterocycles. The molecule has 0 saturated heterocycles. The largest absolute Gasteiger partial charge is 0.469 e. The highest BCUT2D eigenvalue weighted by molar-refractivity contribution is 7.09. The summed E-state index contributed by atoms with van der Waals surface area (Å²) in [7, 11) is 0. The second-order valence-corrected chi connectivity index (χ2v) is 7.27. The predicted octanol–water partition coefficient (Wildman–Crippen LogP) is 3.63. The minimum atomic E-state index is -0.254. The summed E-state index contributed by atoms with van der Waals surface area (Å²) in [6.45, 7) is 6.13. The fourth-order valence-corrected chi connectivity index (χ4v) is 3.26. The highest BCUT2D eigenvalue weighted by Gasteiger charge is 2.25. The lowest BCUT2D eigenvalue weighted by atomic mass is 9.93. The highest BCUT2D eigenvalue weighted by Crippen LogP contribution is 2.30. The maximum atomic E-state index is 12.2. The van der Waals surface area contributed by atoms with E-state index in [0.29, 0.717) is 5.13 Å². The van der Waals surface area contributed by atoms with Gasteiger partial charge in [-0.3, -0.25) is 5.32 Å². The molecule has 1 unspecified atom stereocenters. The normalized spacial score (nSPS) is 17.9. The molecular formula is C15H20N4O2S. The van der Waals surface area contributed by atoms with Crippen LogP contribution in [-0.4, -0.2) is 15.4 Å². The van der Waals surface area contributed by atoms with Crippen LogP contribution in [0.1, 0.15) is 56.8 Å². The second-order valence-electron chi connectivity index (χ2n) is 6.52. The van der Waals surface area contributed by atoms with Crippen LogP contribution < -0.4 is 10.6 Å². The fraction of sp³-hybridized carbons (Fsp3) is 0.533. The number of aromatic nitrogens is 2. The number of hydrogen-bond donors (Lipinski definition) is 2. The monoisotopic (exact) mass is 320 g/mol. The fourth-order valence-electron chi connectivity index (χ4n) is 2.51. The van der Waals surface area contributed by atoms with Gasteiger partial charge in [-0.2, -0.15) is 4.37 Å². The van der Waals surface area contributed by atoms with Crippen LogP contribution in [0.25, 0.3) is 0 Å². The van der Waals surface area contributed by atoms with E-state index in [1.54, 1.807) is 6.26 Å². The number of carbonyl (C=O) groups is 1. The molecule has 2 aromatic heterocycles. The Bertz CT molecular complexity index is 671. The minimum absolute atomic E-state index is 0.00231. The van der Waals surface area contributed by atoms with Gasteiger partial charge in [0.25, 0.3) is 0 Å². The van der Waals surface area contributed by atoms with Crippen LogP contribution in [0.15, 0.2) is 16.7 Å². The van der Waals surface area contributed by atoms with E-state index in [9.17, 15) is 4.79 Å². The van der Waals surface area contributed by atoms with Crippen molar-refractivity contribution in [3.05, 3.63) is 29.5 Å². The van der Waals surface area contributed by atoms with Gasteiger partial charge in [0.05, 0.1) is 12.3 Å². The summed E-state index contributed by atoms with van der Waals surface area (Å²) in [6.07, 6.45) is 4.55. The molecule has 22 heavy (non-hydrogen) atoms. The smallest absolute Gasteiger partial charge is 0.321 e. The van der Waals surface area contributed by atoms with E-state index in [2.05, 4.69) is 20.0 Å². The van der Waals surface area contributed by atoms with Crippen LogP contribution in [0.5, 0.6) is 0 Å². The molecule has 7 heteroatoms. The van der Waals surface area contributed by atoms with Gasteiger partial charge in [-0.1, -0.05) is 20.8 Å². The summed E-state index contributed by atoms with van der Waals surface area (Å²) in [5.74, 6) is 1.71. The van der Waals surface area contributed by atoms with Gasteiger partial charge >= 0.3 is 6.03 Å². The number of rotatable bonds is 2. The molecule has 0 saturated carbocycles. The van der Waals surface area contributed by atoms with Crippen LogP contribution in [0, 0.1) is 0 Å². The van der Waals surface area contributed by atoms with E-state index in [0.717, 1.165) is 36.4 Å². The Labute approximate surface area is 133 Å². The van der Waals surface area contributed by atoms with Crippen LogP contribution >= 0.6 is 11.5 Å². The first-order valence-electron chi connectivity index (χ1n) is 7.41. The number of amides is 2. The zero-order valence-corrected chi connectivity index (χ0v) is 13.8. The molecule has 118 valence electrons. The highest BCUT2D eigenvalue weighted by atomic mass is 32.1. The van der Waals surface area contributed by atoms with E-state index in [-0.39, 0.29) is 17.5 Å². The van der Waals surface area contributed by atoms with Gasteiger partial charge in [-0.05, 0) is 18.9 Å². The minimum Gasteiger partial charge on any atom is -0.469 e. The van der Waals surface area contributed by atoms with Crippen molar-refractivity contribution < 1.29 is 9.21 Å². The molecule has 0 aromatic carbocycles. The van der Waals surface area contributed by atoms with E-state index in [1.807, 2.05) is 26.8 Å². The summed E-state index contributed by atoms with van der Waals surface area (Å²) in [4.78, 5) is 16.5. The van der Waals surface area contributed by atoms with Crippen molar-refractivity contribution in [2.24, 2.45) is 0 Å². The molecule has 0 radical (unpaired) electrons. The molecule has 2 aromatic rings. The second kappa shape index (κ2) is 5.72. The molecular weight excluding hydrogens is 300 g/mol. The van der Waals surface area contributed by atoms with Crippen molar-refractivity contribution in [1.82, 2.24) is 14.7 Å². The molecule has 2 N–H and O–H groups in total. The van der Waals surface area contributed by atoms with Crippen LogP contribution in [0.2, 0.25) is 0 Å². The number of aryl methyl sites for hydroxylation is 1. The number of carbonyl (C=O) groups excluding carboxylic acids is 1. The van der Waals surface area contributed by atoms with Crippen molar-refractivity contribution in [3.8, 4) is 0 Å². The SMILES string of the molecule is CC(C)(C)c1nsc(NC(=O)NC2CCCc3occc32)n1. The molecule has 1 aliphatic rings. The average Bonchev–Trinajstić information content (AvgIpc) is 3.06. The Morgan fingerprint density at radius 3 is 3.00 bits per heavy atom. The van der Waals surface area contributed by atoms with Gasteiger partial charge in [0.15, 0.2) is 0 Å². The summed E-state index contributed by atoms with van der Waals surface area (Å²) in [5.41, 5.74) is 0.955. The molecule has 1 atom stereocenters. The molecule has 1 aliphatic carbocycles. The first kappa shape index (κ1) is 15.0. The van der Waals surface area contributed by atoms with E-state index in [1.165, 1.54) is 11.5 Å². The maximum absolute atomic E-state index is 12.2. The molecule has 0 fully saturated rings. The van der Waals surface area contributed by atoms with Gasteiger partial charge in [0.2, 0.25) is 5.13 Å². The molecule has 3 rings (SSSR count). The zero-order valence-electron chi connectivity index (χ0n) is 13.0.